The molecule has 1 amide bonds. The van der Waals surface area contributed by atoms with Crippen LogP contribution in [-0.2, 0) is 26.4 Å². The van der Waals surface area contributed by atoms with Gasteiger partial charge in [-0.25, -0.2) is 14.0 Å². The van der Waals surface area contributed by atoms with Crippen molar-refractivity contribution in [3.63, 3.8) is 0 Å². The van der Waals surface area contributed by atoms with E-state index in [1.54, 1.807) is 32.9 Å². The van der Waals surface area contributed by atoms with E-state index in [-0.39, 0.29) is 23.7 Å². The Morgan fingerprint density at radius 3 is 2.29 bits per heavy atom. The van der Waals surface area contributed by atoms with E-state index in [4.69, 9.17) is 21.7 Å². The van der Waals surface area contributed by atoms with Crippen molar-refractivity contribution < 1.29 is 23.5 Å². The number of hydrogen-bond donors (Lipinski definition) is 2. The first-order valence-electron chi connectivity index (χ1n) is 11.1. The molecule has 0 aliphatic rings. The Balaban J connectivity index is 2.35. The second-order valence-corrected chi connectivity index (χ2v) is 10.1. The predicted molar refractivity (Wildman–Crippen MR) is 134 cm³/mol. The number of thiocarbonyl (C=S) groups is 1. The summed E-state index contributed by atoms with van der Waals surface area (Å²) >= 11 is 5.35. The number of halogens is 1. The fourth-order valence-electron chi connectivity index (χ4n) is 3.59. The average Bonchev–Trinajstić information content (AvgIpc) is 2.71. The maximum absolute atomic E-state index is 15.2. The normalized spacial score (nSPS) is 13.1. The minimum atomic E-state index is -1.68. The molecule has 2 aromatic carbocycles. The fraction of sp³-hybridized carbons (Fsp3) is 0.423. The van der Waals surface area contributed by atoms with Crippen LogP contribution in [0, 0.1) is 18.2 Å². The highest BCUT2D eigenvalue weighted by atomic mass is 32.1. The molecule has 34 heavy (non-hydrogen) atoms. The zero-order chi connectivity index (χ0) is 25.5. The highest BCUT2D eigenvalue weighted by molar-refractivity contribution is 7.80. The number of nitrogens with one attached hydrogen (secondary N) is 2. The van der Waals surface area contributed by atoms with E-state index in [1.165, 1.54) is 6.07 Å². The first-order chi connectivity index (χ1) is 15.8. The van der Waals surface area contributed by atoms with Gasteiger partial charge in [-0.2, -0.15) is 0 Å². The van der Waals surface area contributed by atoms with Gasteiger partial charge >= 0.3 is 12.1 Å². The summed E-state index contributed by atoms with van der Waals surface area (Å²) in [7, 11) is 0. The van der Waals surface area contributed by atoms with Crippen LogP contribution in [0.15, 0.2) is 48.5 Å². The number of esters is 1. The lowest BCUT2D eigenvalue weighted by molar-refractivity contribution is -0.157. The Morgan fingerprint density at radius 1 is 1.09 bits per heavy atom. The molecule has 0 spiro atoms. The van der Waals surface area contributed by atoms with Crippen molar-refractivity contribution in [1.82, 2.24) is 10.6 Å². The zero-order valence-corrected chi connectivity index (χ0v) is 21.3. The molecule has 2 rings (SSSR count). The van der Waals surface area contributed by atoms with E-state index in [2.05, 4.69) is 10.6 Å². The molecule has 0 bridgehead atoms. The number of alkyl carbamates (subject to hydrolysis) is 1. The van der Waals surface area contributed by atoms with E-state index >= 15 is 4.39 Å². The molecule has 184 valence electrons. The van der Waals surface area contributed by atoms with Gasteiger partial charge in [0.1, 0.15) is 12.4 Å². The van der Waals surface area contributed by atoms with Crippen molar-refractivity contribution in [2.24, 2.45) is 5.41 Å². The lowest BCUT2D eigenvalue weighted by Crippen LogP contribution is -2.58. The van der Waals surface area contributed by atoms with Crippen molar-refractivity contribution in [3.8, 4) is 0 Å². The van der Waals surface area contributed by atoms with Crippen LogP contribution >= 0.6 is 12.2 Å². The molecule has 0 saturated carbocycles. The number of carbonyl (C=O) groups excluding carboxylic acids is 2. The van der Waals surface area contributed by atoms with Crippen LogP contribution in [0.25, 0.3) is 0 Å². The third-order valence-electron chi connectivity index (χ3n) is 4.83. The molecule has 2 N–H and O–H groups in total. The minimum Gasteiger partial charge on any atom is -0.461 e. The largest absolute Gasteiger partial charge is 0.461 e. The zero-order valence-electron chi connectivity index (χ0n) is 20.5. The summed E-state index contributed by atoms with van der Waals surface area (Å²) < 4.78 is 26.0. The summed E-state index contributed by atoms with van der Waals surface area (Å²) in [5.74, 6) is -1.27. The molecule has 0 aliphatic heterocycles. The molecule has 8 heteroatoms. The van der Waals surface area contributed by atoms with E-state index in [0.29, 0.717) is 5.56 Å². The Labute approximate surface area is 206 Å². The Hall–Kier alpha value is -3.00. The molecule has 0 radical (unpaired) electrons. The molecule has 1 atom stereocenters. The third-order valence-corrected chi connectivity index (χ3v) is 5.03. The lowest BCUT2D eigenvalue weighted by atomic mass is 9.75. The van der Waals surface area contributed by atoms with E-state index in [1.807, 2.05) is 51.1 Å². The Morgan fingerprint density at radius 2 is 1.74 bits per heavy atom. The molecule has 0 heterocycles. The van der Waals surface area contributed by atoms with Crippen LogP contribution in [0.2, 0.25) is 0 Å². The molecule has 0 fully saturated rings. The topological polar surface area (TPSA) is 76.7 Å². The first kappa shape index (κ1) is 27.2. The third kappa shape index (κ3) is 7.80. The van der Waals surface area contributed by atoms with Crippen molar-refractivity contribution >= 4 is 29.4 Å². The molecular formula is C26H33FN2O4S. The first-order valence-corrected chi connectivity index (χ1v) is 11.5. The van der Waals surface area contributed by atoms with Gasteiger partial charge < -0.3 is 14.8 Å². The standard InChI is InChI=1S/C26H33FN2O4S/c1-17(2)33-22(30)26(16-25(4,5)6,20-13-12-18(3)14-21(20)27)29-23(34)28-24(31)32-15-19-10-8-7-9-11-19/h7-14,17H,15-16H2,1-6H3,(H2,28,29,31,34)/t26-/m1/s1. The number of rotatable bonds is 7. The second-order valence-electron chi connectivity index (χ2n) is 9.72. The summed E-state index contributed by atoms with van der Waals surface area (Å²) in [5.41, 5.74) is -0.525. The van der Waals surface area contributed by atoms with Gasteiger partial charge in [0.25, 0.3) is 0 Å². The smallest absolute Gasteiger partial charge is 0.413 e. The van der Waals surface area contributed by atoms with Crippen LogP contribution in [0.4, 0.5) is 9.18 Å². The fourth-order valence-corrected chi connectivity index (χ4v) is 3.85. The Bertz CT molecular complexity index is 1020. The van der Waals surface area contributed by atoms with Gasteiger partial charge in [0.15, 0.2) is 10.7 Å². The van der Waals surface area contributed by atoms with Gasteiger partial charge in [-0.1, -0.05) is 63.2 Å². The van der Waals surface area contributed by atoms with Crippen LogP contribution in [0.3, 0.4) is 0 Å². The van der Waals surface area contributed by atoms with Gasteiger partial charge in [0.05, 0.1) is 6.10 Å². The highest BCUT2D eigenvalue weighted by Gasteiger charge is 2.47. The maximum Gasteiger partial charge on any atom is 0.413 e. The number of amides is 1. The average molecular weight is 489 g/mol. The van der Waals surface area contributed by atoms with Gasteiger partial charge in [-0.15, -0.1) is 0 Å². The predicted octanol–water partition coefficient (Wildman–Crippen LogP) is 5.52. The molecule has 6 nitrogen and oxygen atoms in total. The monoisotopic (exact) mass is 488 g/mol. The molecule has 2 aromatic rings. The van der Waals surface area contributed by atoms with Gasteiger partial charge in [-0.05, 0) is 62.0 Å². The Kier molecular flexibility index (Phi) is 9.15. The van der Waals surface area contributed by atoms with Gasteiger partial charge in [0, 0.05) is 5.56 Å². The van der Waals surface area contributed by atoms with E-state index < -0.39 is 34.9 Å². The lowest BCUT2D eigenvalue weighted by Gasteiger charge is -2.39. The van der Waals surface area contributed by atoms with Crippen molar-refractivity contribution in [3.05, 3.63) is 71.0 Å². The van der Waals surface area contributed by atoms with Crippen LogP contribution in [-0.4, -0.2) is 23.3 Å². The minimum absolute atomic E-state index is 0.0460. The van der Waals surface area contributed by atoms with Gasteiger partial charge in [-0.3, -0.25) is 5.32 Å². The summed E-state index contributed by atoms with van der Waals surface area (Å²) in [6, 6.07) is 13.8. The summed E-state index contributed by atoms with van der Waals surface area (Å²) in [6.07, 6.45) is -1.10. The number of benzene rings is 2. The molecule has 0 saturated heterocycles. The van der Waals surface area contributed by atoms with Crippen molar-refractivity contribution in [1.29, 1.82) is 0 Å². The van der Waals surface area contributed by atoms with Crippen LogP contribution < -0.4 is 10.6 Å². The van der Waals surface area contributed by atoms with Crippen molar-refractivity contribution in [2.75, 3.05) is 0 Å². The van der Waals surface area contributed by atoms with E-state index in [0.717, 1.165) is 5.56 Å². The summed E-state index contributed by atoms with van der Waals surface area (Å²) in [4.78, 5) is 25.8. The SMILES string of the molecule is Cc1ccc([C@@](CC(C)(C)C)(NC(=S)NC(=O)OCc2ccccc2)C(=O)OC(C)C)c(F)c1. The van der Waals surface area contributed by atoms with Crippen LogP contribution in [0.5, 0.6) is 0 Å². The number of ether oxygens (including phenoxy) is 2. The quantitative estimate of drug-likeness (QED) is 0.395. The summed E-state index contributed by atoms with van der Waals surface area (Å²) in [6.45, 7) is 11.0. The maximum atomic E-state index is 15.2. The van der Waals surface area contributed by atoms with E-state index in [9.17, 15) is 9.59 Å². The molecular weight excluding hydrogens is 455 g/mol. The molecule has 0 unspecified atom stereocenters. The van der Waals surface area contributed by atoms with Gasteiger partial charge in [0.2, 0.25) is 0 Å². The van der Waals surface area contributed by atoms with Crippen LogP contribution in [0.1, 0.15) is 57.7 Å². The molecule has 0 aromatic heterocycles. The summed E-state index contributed by atoms with van der Waals surface area (Å²) in [5, 5.41) is 5.15. The number of carbonyl (C=O) groups is 2. The second kappa shape index (κ2) is 11.4. The highest BCUT2D eigenvalue weighted by Crippen LogP contribution is 2.38. The number of hydrogen-bond acceptors (Lipinski definition) is 5. The molecule has 0 aliphatic carbocycles. The number of aryl methyl sites for hydroxylation is 1. The van der Waals surface area contributed by atoms with Crippen molar-refractivity contribution in [2.45, 2.75) is 66.2 Å².